The average molecular weight is 300 g/mol. The number of amides is 1. The first-order chi connectivity index (χ1) is 9.20. The zero-order valence-corrected chi connectivity index (χ0v) is 12.4. The summed E-state index contributed by atoms with van der Waals surface area (Å²) in [5.74, 6) is -1.69. The van der Waals surface area contributed by atoms with Crippen LogP contribution in [0.15, 0.2) is 24.3 Å². The van der Waals surface area contributed by atoms with Crippen molar-refractivity contribution in [1.82, 2.24) is 5.32 Å². The van der Waals surface area contributed by atoms with E-state index in [1.165, 1.54) is 0 Å². The lowest BCUT2D eigenvalue weighted by atomic mass is 10.1. The Morgan fingerprint density at radius 2 is 1.95 bits per heavy atom. The summed E-state index contributed by atoms with van der Waals surface area (Å²) >= 11 is 5.95. The second kappa shape index (κ2) is 6.72. The Kier molecular flexibility index (Phi) is 5.53. The molecular formula is C14H18ClNO4. The number of benzene rings is 1. The number of ether oxygens (including phenoxy) is 1. The van der Waals surface area contributed by atoms with Gasteiger partial charge in [0.15, 0.2) is 6.04 Å². The molecule has 110 valence electrons. The summed E-state index contributed by atoms with van der Waals surface area (Å²) in [6.45, 7) is 5.22. The second-order valence-corrected chi connectivity index (χ2v) is 5.67. The first kappa shape index (κ1) is 16.5. The lowest BCUT2D eigenvalue weighted by Gasteiger charge is -2.21. The maximum Gasteiger partial charge on any atom is 0.330 e. The van der Waals surface area contributed by atoms with Crippen molar-refractivity contribution in [3.63, 3.8) is 0 Å². The van der Waals surface area contributed by atoms with Crippen LogP contribution >= 0.6 is 11.6 Å². The lowest BCUT2D eigenvalue weighted by Crippen LogP contribution is -2.38. The van der Waals surface area contributed by atoms with E-state index in [-0.39, 0.29) is 11.6 Å². The molecule has 1 rings (SSSR count). The Morgan fingerprint density at radius 1 is 1.35 bits per heavy atom. The predicted molar refractivity (Wildman–Crippen MR) is 75.7 cm³/mol. The smallest absolute Gasteiger partial charge is 0.330 e. The third-order valence-electron chi connectivity index (χ3n) is 2.40. The van der Waals surface area contributed by atoms with Gasteiger partial charge in [-0.05, 0) is 26.8 Å². The van der Waals surface area contributed by atoms with Crippen molar-refractivity contribution in [3.05, 3.63) is 34.9 Å². The number of hydrogen-bond donors (Lipinski definition) is 2. The summed E-state index contributed by atoms with van der Waals surface area (Å²) in [5, 5.41) is 11.9. The van der Waals surface area contributed by atoms with Crippen LogP contribution in [0.3, 0.4) is 0 Å². The second-order valence-electron chi connectivity index (χ2n) is 5.26. The molecule has 0 saturated carbocycles. The van der Waals surface area contributed by atoms with Crippen molar-refractivity contribution < 1.29 is 19.4 Å². The number of hydrogen-bond acceptors (Lipinski definition) is 3. The van der Waals surface area contributed by atoms with E-state index in [1.807, 2.05) is 20.8 Å². The zero-order chi connectivity index (χ0) is 15.3. The minimum absolute atomic E-state index is 0.211. The van der Waals surface area contributed by atoms with Gasteiger partial charge in [-0.25, -0.2) is 4.79 Å². The monoisotopic (exact) mass is 299 g/mol. The molecule has 1 aromatic rings. The SMILES string of the molecule is CC(C)(C)OCC(=O)N[C@@H](C(=O)O)c1ccccc1Cl. The molecular weight excluding hydrogens is 282 g/mol. The molecule has 6 heteroatoms. The van der Waals surface area contributed by atoms with Crippen LogP contribution in [-0.4, -0.2) is 29.2 Å². The number of carbonyl (C=O) groups excluding carboxylic acids is 1. The van der Waals surface area contributed by atoms with Crippen molar-refractivity contribution in [1.29, 1.82) is 0 Å². The van der Waals surface area contributed by atoms with Gasteiger partial charge < -0.3 is 15.2 Å². The number of rotatable bonds is 5. The van der Waals surface area contributed by atoms with Gasteiger partial charge in [-0.3, -0.25) is 4.79 Å². The molecule has 0 radical (unpaired) electrons. The fraction of sp³-hybridized carbons (Fsp3) is 0.429. The molecule has 0 aliphatic heterocycles. The molecule has 0 fully saturated rings. The van der Waals surface area contributed by atoms with E-state index in [0.717, 1.165) is 0 Å². The van der Waals surface area contributed by atoms with E-state index in [0.29, 0.717) is 5.56 Å². The van der Waals surface area contributed by atoms with Crippen LogP contribution in [0.2, 0.25) is 5.02 Å². The highest BCUT2D eigenvalue weighted by Crippen LogP contribution is 2.22. The predicted octanol–water partition coefficient (Wildman–Crippen LogP) is 2.40. The van der Waals surface area contributed by atoms with Gasteiger partial charge in [-0.15, -0.1) is 0 Å². The number of aliphatic carboxylic acids is 1. The molecule has 1 amide bonds. The lowest BCUT2D eigenvalue weighted by molar-refractivity contribution is -0.143. The van der Waals surface area contributed by atoms with E-state index >= 15 is 0 Å². The third kappa shape index (κ3) is 5.19. The summed E-state index contributed by atoms with van der Waals surface area (Å²) in [5.41, 5.74) is -0.133. The number of carboxylic acids is 1. The van der Waals surface area contributed by atoms with Gasteiger partial charge in [0.25, 0.3) is 0 Å². The van der Waals surface area contributed by atoms with Crippen molar-refractivity contribution in [2.45, 2.75) is 32.4 Å². The fourth-order valence-corrected chi connectivity index (χ4v) is 1.71. The Bertz CT molecular complexity index is 496. The van der Waals surface area contributed by atoms with Crippen LogP contribution in [0.5, 0.6) is 0 Å². The van der Waals surface area contributed by atoms with Gasteiger partial charge in [-0.1, -0.05) is 29.8 Å². The van der Waals surface area contributed by atoms with Crippen molar-refractivity contribution in [2.75, 3.05) is 6.61 Å². The van der Waals surface area contributed by atoms with Crippen molar-refractivity contribution in [3.8, 4) is 0 Å². The molecule has 20 heavy (non-hydrogen) atoms. The Hall–Kier alpha value is -1.59. The van der Waals surface area contributed by atoms with Crippen LogP contribution in [0.4, 0.5) is 0 Å². The molecule has 0 aliphatic rings. The van der Waals surface area contributed by atoms with Crippen LogP contribution in [0, 0.1) is 0 Å². The Morgan fingerprint density at radius 3 is 2.45 bits per heavy atom. The highest BCUT2D eigenvalue weighted by atomic mass is 35.5. The number of carbonyl (C=O) groups is 2. The normalized spacial score (nSPS) is 12.8. The standard InChI is InChI=1S/C14H18ClNO4/c1-14(2,3)20-8-11(17)16-12(13(18)19)9-6-4-5-7-10(9)15/h4-7,12H,8H2,1-3H3,(H,16,17)(H,18,19)/t12-/m1/s1. The summed E-state index contributed by atoms with van der Waals surface area (Å²) in [4.78, 5) is 23.0. The molecule has 0 heterocycles. The van der Waals surface area contributed by atoms with Crippen molar-refractivity contribution >= 4 is 23.5 Å². The van der Waals surface area contributed by atoms with Crippen LogP contribution in [-0.2, 0) is 14.3 Å². The zero-order valence-electron chi connectivity index (χ0n) is 11.6. The van der Waals surface area contributed by atoms with Gasteiger partial charge in [0.05, 0.1) is 5.60 Å². The van der Waals surface area contributed by atoms with Gasteiger partial charge in [0.2, 0.25) is 5.91 Å². The number of nitrogens with one attached hydrogen (secondary N) is 1. The fourth-order valence-electron chi connectivity index (χ4n) is 1.47. The molecule has 5 nitrogen and oxygen atoms in total. The Balaban J connectivity index is 2.77. The van der Waals surface area contributed by atoms with E-state index in [4.69, 9.17) is 16.3 Å². The van der Waals surface area contributed by atoms with Gasteiger partial charge in [0.1, 0.15) is 6.61 Å². The molecule has 1 atom stereocenters. The molecule has 0 spiro atoms. The van der Waals surface area contributed by atoms with Crippen LogP contribution < -0.4 is 5.32 Å². The highest BCUT2D eigenvalue weighted by Gasteiger charge is 2.24. The molecule has 2 N–H and O–H groups in total. The quantitative estimate of drug-likeness (QED) is 0.875. The first-order valence-electron chi connectivity index (χ1n) is 6.11. The molecule has 0 saturated heterocycles. The van der Waals surface area contributed by atoms with E-state index < -0.39 is 23.5 Å². The Labute approximate surface area is 122 Å². The topological polar surface area (TPSA) is 75.6 Å². The van der Waals surface area contributed by atoms with Crippen molar-refractivity contribution in [2.24, 2.45) is 0 Å². The average Bonchev–Trinajstić information content (AvgIpc) is 2.33. The maximum atomic E-state index is 11.7. The molecule has 0 aromatic heterocycles. The largest absolute Gasteiger partial charge is 0.479 e. The molecule has 0 bridgehead atoms. The van der Waals surface area contributed by atoms with Crippen LogP contribution in [0.25, 0.3) is 0 Å². The van der Waals surface area contributed by atoms with E-state index in [2.05, 4.69) is 5.32 Å². The maximum absolute atomic E-state index is 11.7. The molecule has 0 aliphatic carbocycles. The van der Waals surface area contributed by atoms with Gasteiger partial charge >= 0.3 is 5.97 Å². The van der Waals surface area contributed by atoms with Crippen LogP contribution in [0.1, 0.15) is 32.4 Å². The highest BCUT2D eigenvalue weighted by molar-refractivity contribution is 6.31. The first-order valence-corrected chi connectivity index (χ1v) is 6.49. The number of halogens is 1. The summed E-state index contributed by atoms with van der Waals surface area (Å²) in [6.07, 6.45) is 0. The third-order valence-corrected chi connectivity index (χ3v) is 2.75. The summed E-state index contributed by atoms with van der Waals surface area (Å²) in [6, 6.07) is 5.29. The number of carboxylic acid groups (broad SMARTS) is 1. The van der Waals surface area contributed by atoms with E-state index in [9.17, 15) is 14.7 Å². The summed E-state index contributed by atoms with van der Waals surface area (Å²) in [7, 11) is 0. The summed E-state index contributed by atoms with van der Waals surface area (Å²) < 4.78 is 5.30. The van der Waals surface area contributed by atoms with Gasteiger partial charge in [0, 0.05) is 10.6 Å². The van der Waals surface area contributed by atoms with E-state index in [1.54, 1.807) is 24.3 Å². The minimum Gasteiger partial charge on any atom is -0.479 e. The van der Waals surface area contributed by atoms with Gasteiger partial charge in [-0.2, -0.15) is 0 Å². The molecule has 1 aromatic carbocycles. The minimum atomic E-state index is -1.19. The molecule has 0 unspecified atom stereocenters.